The second-order valence-electron chi connectivity index (χ2n) is 6.54. The van der Waals surface area contributed by atoms with Crippen molar-refractivity contribution in [1.82, 2.24) is 0 Å². The third-order valence-electron chi connectivity index (χ3n) is 4.34. The van der Waals surface area contributed by atoms with Gasteiger partial charge >= 0.3 is 8.25 Å². The summed E-state index contributed by atoms with van der Waals surface area (Å²) in [6.45, 7) is 2.84. The highest BCUT2D eigenvalue weighted by molar-refractivity contribution is 7.33. The first-order valence-electron chi connectivity index (χ1n) is 9.95. The first-order chi connectivity index (χ1) is 11.3. The van der Waals surface area contributed by atoms with Gasteiger partial charge < -0.3 is 0 Å². The normalized spacial score (nSPS) is 11.8. The van der Waals surface area contributed by atoms with Crippen molar-refractivity contribution in [3.63, 3.8) is 0 Å². The van der Waals surface area contributed by atoms with Gasteiger partial charge in [-0.1, -0.05) is 103 Å². The van der Waals surface area contributed by atoms with Crippen LogP contribution in [-0.2, 0) is 13.6 Å². The number of hydrogen-bond donors (Lipinski definition) is 0. The summed E-state index contributed by atoms with van der Waals surface area (Å²) in [6.07, 6.45) is 21.8. The van der Waals surface area contributed by atoms with Crippen LogP contribution in [0.4, 0.5) is 0 Å². The standard InChI is InChI=1S/C19H40O3P/c1-3-4-5-6-7-8-9-10-11-12-13-14-15-16-17-18-19-22-23(20)21-2/h3-19H2,1-2H3/q+1. The topological polar surface area (TPSA) is 35.5 Å². The summed E-state index contributed by atoms with van der Waals surface area (Å²) in [4.78, 5) is 0. The van der Waals surface area contributed by atoms with Crippen molar-refractivity contribution >= 4 is 8.25 Å². The Bertz CT molecular complexity index is 247. The summed E-state index contributed by atoms with van der Waals surface area (Å²) in [6, 6.07) is 0. The second-order valence-corrected chi connectivity index (χ2v) is 7.61. The predicted octanol–water partition coefficient (Wildman–Crippen LogP) is 7.57. The van der Waals surface area contributed by atoms with E-state index < -0.39 is 8.25 Å². The van der Waals surface area contributed by atoms with Crippen molar-refractivity contribution in [3.05, 3.63) is 0 Å². The van der Waals surface area contributed by atoms with Crippen LogP contribution in [0.15, 0.2) is 0 Å². The van der Waals surface area contributed by atoms with E-state index in [0.717, 1.165) is 6.42 Å². The molecule has 3 nitrogen and oxygen atoms in total. The Morgan fingerprint density at radius 2 is 0.957 bits per heavy atom. The van der Waals surface area contributed by atoms with Crippen LogP contribution >= 0.6 is 8.25 Å². The van der Waals surface area contributed by atoms with Gasteiger partial charge in [-0.25, -0.2) is 0 Å². The first-order valence-corrected chi connectivity index (χ1v) is 11.0. The first kappa shape index (κ1) is 23.0. The van der Waals surface area contributed by atoms with E-state index in [0.29, 0.717) is 6.61 Å². The molecule has 0 heterocycles. The molecule has 0 aliphatic carbocycles. The lowest BCUT2D eigenvalue weighted by atomic mass is 10.0. The summed E-state index contributed by atoms with van der Waals surface area (Å²) < 4.78 is 20.4. The Hall–Kier alpha value is 0.0200. The van der Waals surface area contributed by atoms with Crippen molar-refractivity contribution in [1.29, 1.82) is 0 Å². The number of hydrogen-bond acceptors (Lipinski definition) is 3. The van der Waals surface area contributed by atoms with E-state index in [1.54, 1.807) is 0 Å². The van der Waals surface area contributed by atoms with Crippen LogP contribution in [0.2, 0.25) is 0 Å². The van der Waals surface area contributed by atoms with E-state index in [-0.39, 0.29) is 0 Å². The van der Waals surface area contributed by atoms with E-state index in [2.05, 4.69) is 11.4 Å². The molecule has 0 spiro atoms. The monoisotopic (exact) mass is 347 g/mol. The molecule has 0 rings (SSSR count). The molecule has 4 heteroatoms. The molecule has 0 amide bonds. The van der Waals surface area contributed by atoms with Crippen molar-refractivity contribution in [3.8, 4) is 0 Å². The summed E-state index contributed by atoms with van der Waals surface area (Å²) in [5.41, 5.74) is 0. The molecule has 0 saturated carbocycles. The average molecular weight is 347 g/mol. The van der Waals surface area contributed by atoms with Crippen LogP contribution in [0.3, 0.4) is 0 Å². The van der Waals surface area contributed by atoms with Crippen molar-refractivity contribution in [2.45, 2.75) is 110 Å². The van der Waals surface area contributed by atoms with Crippen molar-refractivity contribution < 1.29 is 13.6 Å². The maximum absolute atomic E-state index is 10.9. The minimum absolute atomic E-state index is 0.557. The van der Waals surface area contributed by atoms with Gasteiger partial charge in [0.1, 0.15) is 6.61 Å². The molecule has 1 atom stereocenters. The highest BCUT2D eigenvalue weighted by Gasteiger charge is 2.15. The summed E-state index contributed by atoms with van der Waals surface area (Å²) in [7, 11) is -0.463. The lowest BCUT2D eigenvalue weighted by molar-refractivity contribution is 0.250. The van der Waals surface area contributed by atoms with Gasteiger partial charge in [0, 0.05) is 4.57 Å². The van der Waals surface area contributed by atoms with E-state index in [1.165, 1.54) is 103 Å². The van der Waals surface area contributed by atoms with Gasteiger partial charge in [0.2, 0.25) is 0 Å². The molecule has 0 N–H and O–H groups in total. The van der Waals surface area contributed by atoms with Crippen LogP contribution in [0.25, 0.3) is 0 Å². The third kappa shape index (κ3) is 20.0. The minimum atomic E-state index is -1.87. The molecule has 0 aliphatic heterocycles. The van der Waals surface area contributed by atoms with Gasteiger partial charge in [-0.3, -0.25) is 0 Å². The zero-order chi connectivity index (χ0) is 17.0. The van der Waals surface area contributed by atoms with Crippen LogP contribution in [0.5, 0.6) is 0 Å². The fourth-order valence-corrected chi connectivity index (χ4v) is 3.23. The average Bonchev–Trinajstić information content (AvgIpc) is 2.57. The Morgan fingerprint density at radius 3 is 1.30 bits per heavy atom. The van der Waals surface area contributed by atoms with Gasteiger partial charge in [-0.15, -0.1) is 9.05 Å². The Labute approximate surface area is 145 Å². The molecule has 0 aliphatic rings. The fraction of sp³-hybridized carbons (Fsp3) is 1.00. The molecule has 1 unspecified atom stereocenters. The SMILES string of the molecule is CCCCCCCCCCCCCCCCCCO[P+](=O)OC. The van der Waals surface area contributed by atoms with E-state index in [1.807, 2.05) is 0 Å². The lowest BCUT2D eigenvalue weighted by Gasteiger charge is -2.03. The Morgan fingerprint density at radius 1 is 0.609 bits per heavy atom. The van der Waals surface area contributed by atoms with Gasteiger partial charge in [0.25, 0.3) is 0 Å². The Kier molecular flexibility index (Phi) is 20.1. The molecular formula is C19H40O3P+. The molecule has 0 bridgehead atoms. The van der Waals surface area contributed by atoms with Crippen LogP contribution in [0.1, 0.15) is 110 Å². The number of rotatable bonds is 19. The predicted molar refractivity (Wildman–Crippen MR) is 100 cm³/mol. The van der Waals surface area contributed by atoms with Gasteiger partial charge in [-0.05, 0) is 6.42 Å². The van der Waals surface area contributed by atoms with Crippen LogP contribution < -0.4 is 0 Å². The highest BCUT2D eigenvalue weighted by Crippen LogP contribution is 2.22. The summed E-state index contributed by atoms with van der Waals surface area (Å²) in [5, 5.41) is 0. The van der Waals surface area contributed by atoms with Gasteiger partial charge in [0.05, 0.1) is 7.11 Å². The van der Waals surface area contributed by atoms with Crippen molar-refractivity contribution in [2.75, 3.05) is 13.7 Å². The molecule has 0 aromatic rings. The van der Waals surface area contributed by atoms with Crippen LogP contribution in [-0.4, -0.2) is 13.7 Å². The van der Waals surface area contributed by atoms with Gasteiger partial charge in [0.15, 0.2) is 0 Å². The maximum Gasteiger partial charge on any atom is 0.697 e. The molecule has 0 aromatic heterocycles. The highest BCUT2D eigenvalue weighted by atomic mass is 31.1. The zero-order valence-electron chi connectivity index (χ0n) is 15.7. The molecule has 0 aromatic carbocycles. The molecule has 0 saturated heterocycles. The van der Waals surface area contributed by atoms with E-state index in [4.69, 9.17) is 4.52 Å². The second kappa shape index (κ2) is 20.1. The lowest BCUT2D eigenvalue weighted by Crippen LogP contribution is -1.88. The van der Waals surface area contributed by atoms with E-state index >= 15 is 0 Å². The molecule has 0 fully saturated rings. The zero-order valence-corrected chi connectivity index (χ0v) is 16.6. The molecule has 0 radical (unpaired) electrons. The molecule has 138 valence electrons. The third-order valence-corrected chi connectivity index (χ3v) is 5.04. The Balaban J connectivity index is 2.99. The largest absolute Gasteiger partial charge is 0.697 e. The van der Waals surface area contributed by atoms with Gasteiger partial charge in [-0.2, -0.15) is 0 Å². The van der Waals surface area contributed by atoms with Crippen LogP contribution in [0, 0.1) is 0 Å². The molecule has 23 heavy (non-hydrogen) atoms. The summed E-state index contributed by atoms with van der Waals surface area (Å²) >= 11 is 0. The summed E-state index contributed by atoms with van der Waals surface area (Å²) in [5.74, 6) is 0. The quantitative estimate of drug-likeness (QED) is 0.178. The number of unbranched alkanes of at least 4 members (excludes halogenated alkanes) is 15. The minimum Gasteiger partial charge on any atom is -0.122 e. The maximum atomic E-state index is 10.9. The van der Waals surface area contributed by atoms with Crippen molar-refractivity contribution in [2.24, 2.45) is 0 Å². The smallest absolute Gasteiger partial charge is 0.122 e. The fourth-order valence-electron chi connectivity index (χ4n) is 2.84. The van der Waals surface area contributed by atoms with E-state index in [9.17, 15) is 4.57 Å². The molecular weight excluding hydrogens is 307 g/mol.